The van der Waals surface area contributed by atoms with Crippen molar-refractivity contribution in [1.29, 1.82) is 0 Å². The van der Waals surface area contributed by atoms with Gasteiger partial charge in [-0.2, -0.15) is 0 Å². The van der Waals surface area contributed by atoms with Crippen LogP contribution in [0.5, 0.6) is 0 Å². The molecule has 1 aromatic rings. The van der Waals surface area contributed by atoms with Crippen LogP contribution in [-0.4, -0.2) is 53.2 Å². The second kappa shape index (κ2) is 6.70. The van der Waals surface area contributed by atoms with E-state index in [0.29, 0.717) is 6.04 Å². The number of rotatable bonds is 6. The van der Waals surface area contributed by atoms with Gasteiger partial charge in [-0.1, -0.05) is 30.3 Å². The molecule has 1 N–H and O–H groups in total. The minimum atomic E-state index is 0.287. The Morgan fingerprint density at radius 1 is 1.10 bits per heavy atom. The van der Waals surface area contributed by atoms with Crippen molar-refractivity contribution in [2.75, 3.05) is 26.2 Å². The summed E-state index contributed by atoms with van der Waals surface area (Å²) >= 11 is 0. The van der Waals surface area contributed by atoms with Gasteiger partial charge in [-0.25, -0.2) is 0 Å². The van der Waals surface area contributed by atoms with Gasteiger partial charge in [0.25, 0.3) is 0 Å². The largest absolute Gasteiger partial charge is 0.395 e. The van der Waals surface area contributed by atoms with Crippen LogP contribution in [0.2, 0.25) is 0 Å². The Morgan fingerprint density at radius 2 is 1.90 bits per heavy atom. The van der Waals surface area contributed by atoms with Crippen molar-refractivity contribution in [3.8, 4) is 0 Å². The van der Waals surface area contributed by atoms with Crippen LogP contribution in [0, 0.1) is 0 Å². The minimum absolute atomic E-state index is 0.287. The molecule has 1 saturated carbocycles. The highest BCUT2D eigenvalue weighted by molar-refractivity contribution is 5.15. The molecule has 3 nitrogen and oxygen atoms in total. The maximum atomic E-state index is 9.14. The van der Waals surface area contributed by atoms with Crippen LogP contribution in [0.1, 0.15) is 31.2 Å². The van der Waals surface area contributed by atoms with Crippen LogP contribution in [-0.2, 0) is 6.54 Å². The number of likely N-dealkylation sites (tertiary alicyclic amines) is 1. The lowest BCUT2D eigenvalue weighted by Gasteiger charge is -2.39. The van der Waals surface area contributed by atoms with Gasteiger partial charge in [-0.3, -0.25) is 9.80 Å². The first-order chi connectivity index (χ1) is 9.86. The highest BCUT2D eigenvalue weighted by Crippen LogP contribution is 2.32. The zero-order chi connectivity index (χ0) is 13.8. The quantitative estimate of drug-likeness (QED) is 0.860. The molecule has 110 valence electrons. The van der Waals surface area contributed by atoms with Gasteiger partial charge >= 0.3 is 0 Å². The molecule has 3 heteroatoms. The fourth-order valence-electron chi connectivity index (χ4n) is 3.40. The first-order valence-electron chi connectivity index (χ1n) is 7.99. The summed E-state index contributed by atoms with van der Waals surface area (Å²) in [4.78, 5) is 5.15. The van der Waals surface area contributed by atoms with Gasteiger partial charge in [-0.05, 0) is 37.8 Å². The number of hydrogen-bond acceptors (Lipinski definition) is 3. The molecule has 1 heterocycles. The molecular weight excluding hydrogens is 248 g/mol. The molecule has 2 aliphatic rings. The number of β-amino-alcohol motifs (C(OH)–C–C–N with tert-alkyl or cyclic N) is 1. The van der Waals surface area contributed by atoms with Crippen LogP contribution in [0.3, 0.4) is 0 Å². The maximum Gasteiger partial charge on any atom is 0.0558 e. The predicted molar refractivity (Wildman–Crippen MR) is 81.6 cm³/mol. The van der Waals surface area contributed by atoms with Gasteiger partial charge in [0.15, 0.2) is 0 Å². The van der Waals surface area contributed by atoms with E-state index >= 15 is 0 Å². The van der Waals surface area contributed by atoms with E-state index in [-0.39, 0.29) is 6.61 Å². The average molecular weight is 274 g/mol. The van der Waals surface area contributed by atoms with Crippen LogP contribution in [0.4, 0.5) is 0 Å². The number of benzene rings is 1. The van der Waals surface area contributed by atoms with Crippen molar-refractivity contribution in [3.63, 3.8) is 0 Å². The second-order valence-electron chi connectivity index (χ2n) is 6.21. The molecule has 1 atom stereocenters. The summed E-state index contributed by atoms with van der Waals surface area (Å²) in [6, 6.07) is 12.3. The third-order valence-corrected chi connectivity index (χ3v) is 4.59. The van der Waals surface area contributed by atoms with Crippen LogP contribution >= 0.6 is 0 Å². The summed E-state index contributed by atoms with van der Waals surface area (Å²) in [7, 11) is 0. The Balaban J connectivity index is 1.64. The van der Waals surface area contributed by atoms with Crippen molar-refractivity contribution in [2.24, 2.45) is 0 Å². The monoisotopic (exact) mass is 274 g/mol. The van der Waals surface area contributed by atoms with E-state index in [1.165, 1.54) is 31.2 Å². The van der Waals surface area contributed by atoms with E-state index in [1.807, 2.05) is 0 Å². The van der Waals surface area contributed by atoms with Crippen LogP contribution in [0.15, 0.2) is 30.3 Å². The van der Waals surface area contributed by atoms with E-state index in [1.54, 1.807) is 0 Å². The van der Waals surface area contributed by atoms with Crippen molar-refractivity contribution >= 4 is 0 Å². The maximum absolute atomic E-state index is 9.14. The molecule has 0 amide bonds. The first kappa shape index (κ1) is 14.1. The summed E-state index contributed by atoms with van der Waals surface area (Å²) < 4.78 is 0. The normalized spacial score (nSPS) is 24.2. The molecular formula is C17H26N2O. The van der Waals surface area contributed by atoms with Crippen molar-refractivity contribution in [3.05, 3.63) is 35.9 Å². The lowest BCUT2D eigenvalue weighted by molar-refractivity contribution is 0.0752. The average Bonchev–Trinajstić information content (AvgIpc) is 3.31. The standard InChI is InChI=1S/C17H26N2O/c20-12-11-18-10-4-7-17(14-18)19(16-8-9-16)13-15-5-2-1-3-6-15/h1-3,5-6,16-17,20H,4,7-14H2/t17-/m1/s1. The Kier molecular flexibility index (Phi) is 4.71. The Labute approximate surface area is 122 Å². The van der Waals surface area contributed by atoms with E-state index in [2.05, 4.69) is 40.1 Å². The minimum Gasteiger partial charge on any atom is -0.395 e. The van der Waals surface area contributed by atoms with Gasteiger partial charge in [-0.15, -0.1) is 0 Å². The van der Waals surface area contributed by atoms with E-state index < -0.39 is 0 Å². The Bertz CT molecular complexity index is 403. The Morgan fingerprint density at radius 3 is 2.60 bits per heavy atom. The SMILES string of the molecule is OCCN1CCC[C@@H](N(Cc2ccccc2)C2CC2)C1. The molecule has 0 unspecified atom stereocenters. The lowest BCUT2D eigenvalue weighted by Crippen LogP contribution is -2.49. The summed E-state index contributed by atoms with van der Waals surface area (Å²) in [5, 5.41) is 9.14. The zero-order valence-electron chi connectivity index (χ0n) is 12.2. The number of hydrogen-bond donors (Lipinski definition) is 1. The fourth-order valence-corrected chi connectivity index (χ4v) is 3.40. The van der Waals surface area contributed by atoms with Crippen molar-refractivity contribution in [2.45, 2.75) is 44.3 Å². The highest BCUT2D eigenvalue weighted by atomic mass is 16.3. The number of aliphatic hydroxyl groups excluding tert-OH is 1. The molecule has 1 aromatic carbocycles. The molecule has 1 aliphatic heterocycles. The fraction of sp³-hybridized carbons (Fsp3) is 0.647. The molecule has 3 rings (SSSR count). The first-order valence-corrected chi connectivity index (χ1v) is 7.99. The molecule has 0 bridgehead atoms. The summed E-state index contributed by atoms with van der Waals surface area (Å²) in [5.74, 6) is 0. The summed E-state index contributed by atoms with van der Waals surface area (Å²) in [6.07, 6.45) is 5.31. The number of nitrogens with zero attached hydrogens (tertiary/aromatic N) is 2. The van der Waals surface area contributed by atoms with Crippen LogP contribution in [0.25, 0.3) is 0 Å². The van der Waals surface area contributed by atoms with Crippen molar-refractivity contribution in [1.82, 2.24) is 9.80 Å². The molecule has 0 aromatic heterocycles. The zero-order valence-corrected chi connectivity index (χ0v) is 12.2. The Hall–Kier alpha value is -0.900. The molecule has 2 fully saturated rings. The van der Waals surface area contributed by atoms with Crippen molar-refractivity contribution < 1.29 is 5.11 Å². The van der Waals surface area contributed by atoms with Gasteiger partial charge in [0, 0.05) is 31.7 Å². The molecule has 20 heavy (non-hydrogen) atoms. The number of aliphatic hydroxyl groups is 1. The molecule has 1 saturated heterocycles. The van der Waals surface area contributed by atoms with Gasteiger partial charge in [0.05, 0.1) is 6.61 Å². The topological polar surface area (TPSA) is 26.7 Å². The summed E-state index contributed by atoms with van der Waals surface area (Å²) in [5.41, 5.74) is 1.43. The highest BCUT2D eigenvalue weighted by Gasteiger charge is 2.35. The molecule has 1 aliphatic carbocycles. The van der Waals surface area contributed by atoms with Gasteiger partial charge in [0.2, 0.25) is 0 Å². The third kappa shape index (κ3) is 3.60. The summed E-state index contributed by atoms with van der Waals surface area (Å²) in [6.45, 7) is 4.49. The van der Waals surface area contributed by atoms with Gasteiger partial charge in [0.1, 0.15) is 0 Å². The van der Waals surface area contributed by atoms with E-state index in [0.717, 1.165) is 32.2 Å². The number of piperidine rings is 1. The van der Waals surface area contributed by atoms with E-state index in [4.69, 9.17) is 5.11 Å². The van der Waals surface area contributed by atoms with Gasteiger partial charge < -0.3 is 5.11 Å². The predicted octanol–water partition coefficient (Wildman–Crippen LogP) is 2.11. The second-order valence-corrected chi connectivity index (χ2v) is 6.21. The molecule has 0 spiro atoms. The van der Waals surface area contributed by atoms with E-state index in [9.17, 15) is 0 Å². The molecule has 0 radical (unpaired) electrons. The third-order valence-electron chi connectivity index (χ3n) is 4.59. The van der Waals surface area contributed by atoms with Crippen LogP contribution < -0.4 is 0 Å². The lowest BCUT2D eigenvalue weighted by atomic mass is 10.0. The smallest absolute Gasteiger partial charge is 0.0558 e.